The van der Waals surface area contributed by atoms with E-state index in [1.165, 1.54) is 4.52 Å². The number of halogens is 1. The van der Waals surface area contributed by atoms with Crippen molar-refractivity contribution in [3.63, 3.8) is 0 Å². The number of benzene rings is 1. The Morgan fingerprint density at radius 2 is 2.20 bits per heavy atom. The fraction of sp³-hybridized carbons (Fsp3) is 0.0625. The van der Waals surface area contributed by atoms with Crippen LogP contribution < -0.4 is 5.32 Å². The summed E-state index contributed by atoms with van der Waals surface area (Å²) >= 11 is 5.87. The Morgan fingerprint density at radius 3 is 3.00 bits per heavy atom. The third-order valence-corrected chi connectivity index (χ3v) is 3.65. The molecule has 0 unspecified atom stereocenters. The van der Waals surface area contributed by atoms with Gasteiger partial charge in [0.2, 0.25) is 5.82 Å². The minimum Gasteiger partial charge on any atom is -0.319 e. The van der Waals surface area contributed by atoms with Crippen LogP contribution >= 0.6 is 11.6 Å². The molecule has 0 spiro atoms. The van der Waals surface area contributed by atoms with Crippen molar-refractivity contribution in [3.05, 3.63) is 71.5 Å². The number of anilines is 1. The molecule has 9 heteroatoms. The van der Waals surface area contributed by atoms with Crippen molar-refractivity contribution in [3.8, 4) is 0 Å². The van der Waals surface area contributed by atoms with Crippen LogP contribution in [0.15, 0.2) is 55.1 Å². The smallest absolute Gasteiger partial charge is 0.295 e. The summed E-state index contributed by atoms with van der Waals surface area (Å²) in [5.74, 6) is 0.0321. The first-order chi connectivity index (χ1) is 12.2. The van der Waals surface area contributed by atoms with Crippen molar-refractivity contribution in [1.29, 1.82) is 0 Å². The van der Waals surface area contributed by atoms with E-state index in [9.17, 15) is 4.79 Å². The van der Waals surface area contributed by atoms with Crippen LogP contribution in [0.4, 0.5) is 5.69 Å². The van der Waals surface area contributed by atoms with E-state index in [1.54, 1.807) is 41.6 Å². The fourth-order valence-corrected chi connectivity index (χ4v) is 2.53. The van der Waals surface area contributed by atoms with Crippen LogP contribution in [-0.2, 0) is 6.54 Å². The molecule has 0 aliphatic rings. The molecule has 4 rings (SSSR count). The number of amides is 1. The summed E-state index contributed by atoms with van der Waals surface area (Å²) in [5, 5.41) is 11.6. The molecule has 0 fully saturated rings. The Kier molecular flexibility index (Phi) is 3.87. The van der Waals surface area contributed by atoms with Gasteiger partial charge in [-0.25, -0.2) is 9.50 Å². The van der Waals surface area contributed by atoms with Crippen molar-refractivity contribution < 1.29 is 4.79 Å². The summed E-state index contributed by atoms with van der Waals surface area (Å²) in [6, 6.07) is 9.18. The molecule has 25 heavy (non-hydrogen) atoms. The summed E-state index contributed by atoms with van der Waals surface area (Å²) in [6.07, 6.45) is 6.59. The van der Waals surface area contributed by atoms with Gasteiger partial charge in [-0.05, 0) is 23.8 Å². The number of rotatable bonds is 4. The molecule has 8 nitrogen and oxygen atoms in total. The van der Waals surface area contributed by atoms with Gasteiger partial charge in [0.1, 0.15) is 0 Å². The van der Waals surface area contributed by atoms with Gasteiger partial charge in [0.15, 0.2) is 0 Å². The second kappa shape index (κ2) is 6.33. The highest BCUT2D eigenvalue weighted by Gasteiger charge is 2.13. The summed E-state index contributed by atoms with van der Waals surface area (Å²) in [5.41, 5.74) is 1.62. The number of hydrogen-bond donors (Lipinski definition) is 1. The maximum Gasteiger partial charge on any atom is 0.295 e. The van der Waals surface area contributed by atoms with Gasteiger partial charge < -0.3 is 5.32 Å². The van der Waals surface area contributed by atoms with Gasteiger partial charge in [-0.3, -0.25) is 9.48 Å². The van der Waals surface area contributed by atoms with Gasteiger partial charge in [0.05, 0.1) is 17.8 Å². The van der Waals surface area contributed by atoms with E-state index in [0.717, 1.165) is 5.56 Å². The predicted octanol–water partition coefficient (Wildman–Crippen LogP) is 2.27. The molecule has 1 amide bonds. The van der Waals surface area contributed by atoms with E-state index in [0.29, 0.717) is 23.0 Å². The van der Waals surface area contributed by atoms with Crippen molar-refractivity contribution >= 4 is 29.0 Å². The summed E-state index contributed by atoms with van der Waals surface area (Å²) < 4.78 is 3.17. The van der Waals surface area contributed by atoms with Crippen LogP contribution in [0.1, 0.15) is 16.2 Å². The van der Waals surface area contributed by atoms with Gasteiger partial charge in [0, 0.05) is 24.3 Å². The molecule has 0 bridgehead atoms. The maximum atomic E-state index is 12.3. The standard InChI is InChI=1S/C16H12ClN7O/c17-12-8-19-23(10-12)9-11-3-1-4-13(7-11)20-15(25)14-21-16-18-5-2-6-24(16)22-14/h1-8,10H,9H2,(H,20,25). The first-order valence-electron chi connectivity index (χ1n) is 7.43. The number of hydrogen-bond acceptors (Lipinski definition) is 5. The van der Waals surface area contributed by atoms with Gasteiger partial charge in [0.25, 0.3) is 11.7 Å². The van der Waals surface area contributed by atoms with Crippen molar-refractivity contribution in [1.82, 2.24) is 29.4 Å². The highest BCUT2D eigenvalue weighted by atomic mass is 35.5. The fourth-order valence-electron chi connectivity index (χ4n) is 2.38. The second-order valence-corrected chi connectivity index (χ2v) is 5.75. The zero-order valence-corrected chi connectivity index (χ0v) is 13.6. The maximum absolute atomic E-state index is 12.3. The van der Waals surface area contributed by atoms with Gasteiger partial charge in [-0.1, -0.05) is 23.7 Å². The topological polar surface area (TPSA) is 90.0 Å². The van der Waals surface area contributed by atoms with E-state index in [-0.39, 0.29) is 5.82 Å². The molecular formula is C16H12ClN7O. The lowest BCUT2D eigenvalue weighted by Crippen LogP contribution is -2.14. The first kappa shape index (κ1) is 15.3. The molecule has 124 valence electrons. The Bertz CT molecular complexity index is 1020. The first-order valence-corrected chi connectivity index (χ1v) is 7.81. The number of nitrogens with zero attached hydrogens (tertiary/aromatic N) is 6. The summed E-state index contributed by atoms with van der Waals surface area (Å²) in [6.45, 7) is 0.549. The molecule has 0 saturated carbocycles. The van der Waals surface area contributed by atoms with Crippen molar-refractivity contribution in [2.45, 2.75) is 6.54 Å². The second-order valence-electron chi connectivity index (χ2n) is 5.31. The molecule has 0 atom stereocenters. The van der Waals surface area contributed by atoms with Gasteiger partial charge in [-0.15, -0.1) is 5.10 Å². The summed E-state index contributed by atoms with van der Waals surface area (Å²) in [7, 11) is 0. The molecule has 0 radical (unpaired) electrons. The highest BCUT2D eigenvalue weighted by Crippen LogP contribution is 2.14. The Balaban J connectivity index is 1.51. The number of carbonyl (C=O) groups excluding carboxylic acids is 1. The van der Waals surface area contributed by atoms with Gasteiger partial charge in [-0.2, -0.15) is 10.1 Å². The van der Waals surface area contributed by atoms with E-state index in [4.69, 9.17) is 11.6 Å². The Morgan fingerprint density at radius 1 is 1.28 bits per heavy atom. The average molecular weight is 354 g/mol. The van der Waals surface area contributed by atoms with E-state index < -0.39 is 5.91 Å². The lowest BCUT2D eigenvalue weighted by molar-refractivity contribution is 0.101. The molecule has 3 aromatic heterocycles. The quantitative estimate of drug-likeness (QED) is 0.608. The Hall–Kier alpha value is -3.26. The molecule has 1 N–H and O–H groups in total. The van der Waals surface area contributed by atoms with Crippen LogP contribution in [0, 0.1) is 0 Å². The zero-order valence-electron chi connectivity index (χ0n) is 12.9. The number of aromatic nitrogens is 6. The molecule has 1 aromatic carbocycles. The minimum absolute atomic E-state index is 0.0583. The monoisotopic (exact) mass is 353 g/mol. The molecule has 0 aliphatic carbocycles. The normalized spacial score (nSPS) is 10.9. The third kappa shape index (κ3) is 3.33. The van der Waals surface area contributed by atoms with Crippen LogP contribution in [0.5, 0.6) is 0 Å². The zero-order chi connectivity index (χ0) is 17.2. The van der Waals surface area contributed by atoms with Crippen LogP contribution in [0.3, 0.4) is 0 Å². The Labute approximate surface area is 147 Å². The van der Waals surface area contributed by atoms with Gasteiger partial charge >= 0.3 is 0 Å². The number of carbonyl (C=O) groups is 1. The largest absolute Gasteiger partial charge is 0.319 e. The van der Waals surface area contributed by atoms with Crippen molar-refractivity contribution in [2.75, 3.05) is 5.32 Å². The van der Waals surface area contributed by atoms with Crippen LogP contribution in [0.2, 0.25) is 5.02 Å². The average Bonchev–Trinajstić information content (AvgIpc) is 3.21. The van der Waals surface area contributed by atoms with E-state index >= 15 is 0 Å². The van der Waals surface area contributed by atoms with Crippen LogP contribution in [-0.4, -0.2) is 35.3 Å². The third-order valence-electron chi connectivity index (χ3n) is 3.45. The number of fused-ring (bicyclic) bond motifs is 1. The number of nitrogens with one attached hydrogen (secondary N) is 1. The van der Waals surface area contributed by atoms with E-state index in [2.05, 4.69) is 25.5 Å². The van der Waals surface area contributed by atoms with Crippen molar-refractivity contribution in [2.24, 2.45) is 0 Å². The molecule has 4 aromatic rings. The SMILES string of the molecule is O=C(Nc1cccc(Cn2cc(Cl)cn2)c1)c1nc2ncccn2n1. The summed E-state index contributed by atoms with van der Waals surface area (Å²) in [4.78, 5) is 20.5. The molecule has 0 saturated heterocycles. The lowest BCUT2D eigenvalue weighted by atomic mass is 10.2. The molecule has 0 aliphatic heterocycles. The molecule has 3 heterocycles. The minimum atomic E-state index is -0.398. The lowest BCUT2D eigenvalue weighted by Gasteiger charge is -2.06. The van der Waals surface area contributed by atoms with Crippen LogP contribution in [0.25, 0.3) is 5.78 Å². The van der Waals surface area contributed by atoms with E-state index in [1.807, 2.05) is 18.2 Å². The molecular weight excluding hydrogens is 342 g/mol. The highest BCUT2D eigenvalue weighted by molar-refractivity contribution is 6.30. The predicted molar refractivity (Wildman–Crippen MR) is 91.5 cm³/mol.